The largest absolute Gasteiger partial charge is 0.469 e. The summed E-state index contributed by atoms with van der Waals surface area (Å²) < 4.78 is 6.02. The van der Waals surface area contributed by atoms with Crippen LogP contribution in [-0.2, 0) is 4.74 Å². The molecule has 0 aliphatic carbocycles. The number of aromatic nitrogens is 2. The molecule has 0 spiro atoms. The van der Waals surface area contributed by atoms with Crippen molar-refractivity contribution in [2.45, 2.75) is 18.4 Å². The van der Waals surface area contributed by atoms with Gasteiger partial charge in [-0.2, -0.15) is 0 Å². The van der Waals surface area contributed by atoms with Crippen LogP contribution >= 0.6 is 0 Å². The highest BCUT2D eigenvalue weighted by Gasteiger charge is 2.40. The van der Waals surface area contributed by atoms with Gasteiger partial charge in [0.2, 0.25) is 6.23 Å². The topological polar surface area (TPSA) is 105 Å². The van der Waals surface area contributed by atoms with Gasteiger partial charge in [-0.25, -0.2) is 4.79 Å². The fraction of sp³-hybridized carbons (Fsp3) is 0.333. The molecule has 1 aromatic rings. The first-order valence-corrected chi connectivity index (χ1v) is 4.54. The molecular weight excluding hydrogens is 216 g/mol. The third-order valence-corrected chi connectivity index (χ3v) is 2.34. The number of hydrogen-bond donors (Lipinski definition) is 3. The fourth-order valence-corrected chi connectivity index (χ4v) is 1.49. The van der Waals surface area contributed by atoms with Crippen LogP contribution in [-0.4, -0.2) is 32.0 Å². The van der Waals surface area contributed by atoms with Gasteiger partial charge in [-0.15, -0.1) is 0 Å². The van der Waals surface area contributed by atoms with Crippen LogP contribution in [0.3, 0.4) is 0 Å². The van der Waals surface area contributed by atoms with Crippen LogP contribution in [0.5, 0.6) is 0 Å². The number of aliphatic hydroxyl groups is 2. The van der Waals surface area contributed by atoms with Gasteiger partial charge < -0.3 is 14.9 Å². The lowest BCUT2D eigenvalue weighted by Gasteiger charge is -2.15. The second-order valence-electron chi connectivity index (χ2n) is 3.43. The Kier molecular flexibility index (Phi) is 2.41. The van der Waals surface area contributed by atoms with Crippen LogP contribution in [0.1, 0.15) is 6.23 Å². The van der Waals surface area contributed by atoms with Crippen molar-refractivity contribution in [1.29, 1.82) is 0 Å². The molecular formula is C9H10N2O5. The zero-order valence-corrected chi connectivity index (χ0v) is 8.16. The van der Waals surface area contributed by atoms with E-state index in [1.54, 1.807) is 0 Å². The number of aromatic amines is 1. The summed E-state index contributed by atoms with van der Waals surface area (Å²) in [6.45, 7) is 3.39. The molecule has 7 nitrogen and oxygen atoms in total. The lowest BCUT2D eigenvalue weighted by atomic mass is 10.2. The molecule has 2 heterocycles. The lowest BCUT2D eigenvalue weighted by molar-refractivity contribution is -0.0163. The molecule has 7 heteroatoms. The van der Waals surface area contributed by atoms with Crippen molar-refractivity contribution in [3.63, 3.8) is 0 Å². The van der Waals surface area contributed by atoms with Crippen LogP contribution in [0.2, 0.25) is 0 Å². The predicted molar refractivity (Wildman–Crippen MR) is 52.6 cm³/mol. The minimum Gasteiger partial charge on any atom is -0.469 e. The van der Waals surface area contributed by atoms with E-state index in [1.807, 2.05) is 4.98 Å². The van der Waals surface area contributed by atoms with Crippen LogP contribution in [0.25, 0.3) is 0 Å². The smallest absolute Gasteiger partial charge is 0.331 e. The molecule has 2 rings (SSSR count). The second kappa shape index (κ2) is 3.62. The van der Waals surface area contributed by atoms with Crippen molar-refractivity contribution in [2.24, 2.45) is 0 Å². The Morgan fingerprint density at radius 2 is 2.12 bits per heavy atom. The number of H-pyrrole nitrogens is 1. The minimum atomic E-state index is -1.30. The average molecular weight is 226 g/mol. The highest BCUT2D eigenvalue weighted by Crippen LogP contribution is 2.29. The van der Waals surface area contributed by atoms with Crippen molar-refractivity contribution < 1.29 is 14.9 Å². The third-order valence-electron chi connectivity index (χ3n) is 2.34. The fourth-order valence-electron chi connectivity index (χ4n) is 1.49. The number of nitrogens with zero attached hydrogens (tertiary/aromatic N) is 1. The molecule has 1 fully saturated rings. The van der Waals surface area contributed by atoms with Gasteiger partial charge in [0.25, 0.3) is 5.56 Å². The van der Waals surface area contributed by atoms with Gasteiger partial charge in [0, 0.05) is 12.3 Å². The zero-order chi connectivity index (χ0) is 11.9. The summed E-state index contributed by atoms with van der Waals surface area (Å²) >= 11 is 0. The first kappa shape index (κ1) is 10.7. The molecule has 0 saturated carbocycles. The maximum absolute atomic E-state index is 11.4. The van der Waals surface area contributed by atoms with Crippen LogP contribution in [0, 0.1) is 0 Å². The molecule has 0 aromatic carbocycles. The minimum absolute atomic E-state index is 0.0180. The number of nitrogens with one attached hydrogen (secondary N) is 1. The van der Waals surface area contributed by atoms with E-state index >= 15 is 0 Å². The number of rotatable bonds is 1. The molecule has 3 N–H and O–H groups in total. The highest BCUT2D eigenvalue weighted by atomic mass is 16.5. The van der Waals surface area contributed by atoms with Gasteiger partial charge in [-0.1, -0.05) is 6.58 Å². The van der Waals surface area contributed by atoms with Gasteiger partial charge in [0.1, 0.15) is 18.0 Å². The van der Waals surface area contributed by atoms with E-state index in [-0.39, 0.29) is 5.76 Å². The van der Waals surface area contributed by atoms with E-state index in [0.717, 1.165) is 10.6 Å². The standard InChI is InChI=1S/C9H10N2O5/c1-4-6(13)7(14)8(16-4)11-3-2-5(12)10-9(11)15/h2-3,6-8,13-14H,1H2,(H,10,12,15)/t6-,7+,8-/m1/s1. The van der Waals surface area contributed by atoms with Gasteiger partial charge in [0.15, 0.2) is 0 Å². The maximum atomic E-state index is 11.4. The van der Waals surface area contributed by atoms with E-state index in [1.165, 1.54) is 6.20 Å². The summed E-state index contributed by atoms with van der Waals surface area (Å²) in [7, 11) is 0. The summed E-state index contributed by atoms with van der Waals surface area (Å²) in [6, 6.07) is 1.12. The number of hydrogen-bond acceptors (Lipinski definition) is 5. The van der Waals surface area contributed by atoms with Gasteiger partial charge in [0.05, 0.1) is 0 Å². The molecule has 0 bridgehead atoms. The molecule has 1 saturated heterocycles. The lowest BCUT2D eigenvalue weighted by Crippen LogP contribution is -2.37. The molecule has 0 amide bonds. The Morgan fingerprint density at radius 1 is 1.44 bits per heavy atom. The summed E-state index contributed by atoms with van der Waals surface area (Å²) in [5.74, 6) is -0.0180. The van der Waals surface area contributed by atoms with Crippen molar-refractivity contribution >= 4 is 0 Å². The van der Waals surface area contributed by atoms with E-state index < -0.39 is 29.7 Å². The zero-order valence-electron chi connectivity index (χ0n) is 8.16. The summed E-state index contributed by atoms with van der Waals surface area (Å²) in [6.07, 6.45) is -2.44. The molecule has 16 heavy (non-hydrogen) atoms. The Bertz CT molecular complexity index is 531. The Balaban J connectivity index is 2.43. The summed E-state index contributed by atoms with van der Waals surface area (Å²) in [5, 5.41) is 19.0. The number of ether oxygens (including phenoxy) is 1. The molecule has 86 valence electrons. The van der Waals surface area contributed by atoms with Crippen molar-refractivity contribution in [3.05, 3.63) is 45.4 Å². The van der Waals surface area contributed by atoms with Crippen LogP contribution in [0.15, 0.2) is 34.2 Å². The molecule has 1 aliphatic rings. The Hall–Kier alpha value is -1.86. The Labute approximate surface area is 89.2 Å². The Morgan fingerprint density at radius 3 is 2.62 bits per heavy atom. The molecule has 1 aromatic heterocycles. The molecule has 3 atom stereocenters. The average Bonchev–Trinajstić information content (AvgIpc) is 2.46. The monoisotopic (exact) mass is 226 g/mol. The molecule has 0 radical (unpaired) electrons. The normalized spacial score (nSPS) is 29.1. The van der Waals surface area contributed by atoms with Crippen molar-refractivity contribution in [2.75, 3.05) is 0 Å². The highest BCUT2D eigenvalue weighted by molar-refractivity contribution is 5.05. The molecule has 1 aliphatic heterocycles. The summed E-state index contributed by atoms with van der Waals surface area (Å²) in [4.78, 5) is 24.2. The maximum Gasteiger partial charge on any atom is 0.331 e. The first-order chi connectivity index (χ1) is 7.50. The van der Waals surface area contributed by atoms with Crippen molar-refractivity contribution in [3.8, 4) is 0 Å². The van der Waals surface area contributed by atoms with E-state index in [9.17, 15) is 19.8 Å². The second-order valence-corrected chi connectivity index (χ2v) is 3.43. The third kappa shape index (κ3) is 1.55. The first-order valence-electron chi connectivity index (χ1n) is 4.54. The van der Waals surface area contributed by atoms with Gasteiger partial charge in [-0.3, -0.25) is 14.3 Å². The van der Waals surface area contributed by atoms with Crippen LogP contribution in [0.4, 0.5) is 0 Å². The summed E-state index contributed by atoms with van der Waals surface area (Å²) in [5.41, 5.74) is -1.27. The van der Waals surface area contributed by atoms with E-state index in [2.05, 4.69) is 6.58 Å². The van der Waals surface area contributed by atoms with E-state index in [0.29, 0.717) is 0 Å². The van der Waals surface area contributed by atoms with E-state index in [4.69, 9.17) is 4.74 Å². The molecule has 0 unspecified atom stereocenters. The van der Waals surface area contributed by atoms with Gasteiger partial charge >= 0.3 is 5.69 Å². The van der Waals surface area contributed by atoms with Gasteiger partial charge in [-0.05, 0) is 0 Å². The SMILES string of the molecule is C=C1O[C@@H](n2ccc(=O)[nH]c2=O)[C@@H](O)[C@@H]1O. The quantitative estimate of drug-likeness (QED) is 0.529. The van der Waals surface area contributed by atoms with Crippen molar-refractivity contribution in [1.82, 2.24) is 9.55 Å². The predicted octanol–water partition coefficient (Wildman–Crippen LogP) is -1.70. The number of aliphatic hydroxyl groups excluding tert-OH is 2. The van der Waals surface area contributed by atoms with Crippen LogP contribution < -0.4 is 11.2 Å².